The average Bonchev–Trinajstić information content (AvgIpc) is 3.14. The lowest BCUT2D eigenvalue weighted by molar-refractivity contribution is -0.133. The van der Waals surface area contributed by atoms with Crippen LogP contribution in [0.25, 0.3) is 0 Å². The molecule has 0 bridgehead atoms. The van der Waals surface area contributed by atoms with Gasteiger partial charge in [-0.2, -0.15) is 0 Å². The minimum atomic E-state index is -0.0755. The van der Waals surface area contributed by atoms with Gasteiger partial charge in [-0.1, -0.05) is 0 Å². The van der Waals surface area contributed by atoms with Gasteiger partial charge in [0.2, 0.25) is 5.91 Å². The Morgan fingerprint density at radius 3 is 2.42 bits per heavy atom. The van der Waals surface area contributed by atoms with E-state index in [9.17, 15) is 9.59 Å². The molecule has 0 radical (unpaired) electrons. The number of hydrogen-bond donors (Lipinski definition) is 1. The van der Waals surface area contributed by atoms with E-state index in [1.165, 1.54) is 6.42 Å². The molecule has 2 aliphatic heterocycles. The molecule has 7 nitrogen and oxygen atoms in total. The van der Waals surface area contributed by atoms with E-state index in [1.807, 2.05) is 11.0 Å². The minimum absolute atomic E-state index is 0.0755. The second-order valence-electron chi connectivity index (χ2n) is 6.44. The Morgan fingerprint density at radius 1 is 1.00 bits per heavy atom. The van der Waals surface area contributed by atoms with E-state index >= 15 is 0 Å². The summed E-state index contributed by atoms with van der Waals surface area (Å²) in [6.07, 6.45) is 5.07. The third-order valence-electron chi connectivity index (χ3n) is 4.72. The zero-order valence-electron chi connectivity index (χ0n) is 14.1. The van der Waals surface area contributed by atoms with E-state index in [0.717, 1.165) is 44.8 Å². The van der Waals surface area contributed by atoms with Crippen molar-refractivity contribution in [2.45, 2.75) is 25.8 Å². The first-order valence-corrected chi connectivity index (χ1v) is 8.77. The Kier molecular flexibility index (Phi) is 5.74. The highest BCUT2D eigenvalue weighted by atomic mass is 16.3. The molecule has 132 valence electrons. The first-order chi connectivity index (χ1) is 11.7. The monoisotopic (exact) mass is 334 g/mol. The number of nitrogens with zero attached hydrogens (tertiary/aromatic N) is 3. The minimum Gasteiger partial charge on any atom is -0.467 e. The molecule has 1 aromatic rings. The topological polar surface area (TPSA) is 69.0 Å². The summed E-state index contributed by atoms with van der Waals surface area (Å²) < 4.78 is 5.21. The first kappa shape index (κ1) is 16.8. The number of nitrogens with one attached hydrogen (secondary N) is 1. The maximum atomic E-state index is 12.3. The van der Waals surface area contributed by atoms with Gasteiger partial charge in [0.15, 0.2) is 0 Å². The number of amides is 3. The van der Waals surface area contributed by atoms with Crippen LogP contribution in [-0.4, -0.2) is 72.5 Å². The van der Waals surface area contributed by atoms with Gasteiger partial charge in [0, 0.05) is 39.3 Å². The van der Waals surface area contributed by atoms with Crippen LogP contribution in [0, 0.1) is 0 Å². The molecular weight excluding hydrogens is 308 g/mol. The van der Waals surface area contributed by atoms with E-state index < -0.39 is 0 Å². The largest absolute Gasteiger partial charge is 0.467 e. The summed E-state index contributed by atoms with van der Waals surface area (Å²) in [5, 5.41) is 2.86. The maximum Gasteiger partial charge on any atom is 0.317 e. The number of carbonyl (C=O) groups is 2. The van der Waals surface area contributed by atoms with Crippen LogP contribution in [0.3, 0.4) is 0 Å². The molecule has 1 N–H and O–H groups in total. The summed E-state index contributed by atoms with van der Waals surface area (Å²) in [5.41, 5.74) is 0. The van der Waals surface area contributed by atoms with Crippen LogP contribution < -0.4 is 5.32 Å². The highest BCUT2D eigenvalue weighted by Crippen LogP contribution is 2.10. The normalized spacial score (nSPS) is 19.3. The van der Waals surface area contributed by atoms with E-state index in [1.54, 1.807) is 17.2 Å². The number of rotatable bonds is 4. The molecule has 2 aliphatic rings. The fourth-order valence-corrected chi connectivity index (χ4v) is 3.23. The lowest BCUT2D eigenvalue weighted by atomic mass is 10.1. The van der Waals surface area contributed by atoms with Crippen molar-refractivity contribution in [1.29, 1.82) is 0 Å². The Morgan fingerprint density at radius 2 is 1.75 bits per heavy atom. The lowest BCUT2D eigenvalue weighted by Crippen LogP contribution is -2.53. The predicted molar refractivity (Wildman–Crippen MR) is 89.4 cm³/mol. The van der Waals surface area contributed by atoms with E-state index in [0.29, 0.717) is 26.2 Å². The number of carbonyl (C=O) groups excluding carboxylic acids is 2. The number of hydrogen-bond acceptors (Lipinski definition) is 4. The smallest absolute Gasteiger partial charge is 0.317 e. The maximum absolute atomic E-state index is 12.3. The van der Waals surface area contributed by atoms with Gasteiger partial charge in [0.1, 0.15) is 5.76 Å². The molecular formula is C17H26N4O3. The summed E-state index contributed by atoms with van der Waals surface area (Å²) >= 11 is 0. The van der Waals surface area contributed by atoms with E-state index in [-0.39, 0.29) is 11.9 Å². The van der Waals surface area contributed by atoms with Crippen LogP contribution in [0.15, 0.2) is 22.8 Å². The van der Waals surface area contributed by atoms with Crippen molar-refractivity contribution in [3.8, 4) is 0 Å². The summed E-state index contributed by atoms with van der Waals surface area (Å²) in [5.74, 6) is 0.972. The third kappa shape index (κ3) is 4.50. The van der Waals surface area contributed by atoms with Crippen LogP contribution >= 0.6 is 0 Å². The molecule has 24 heavy (non-hydrogen) atoms. The van der Waals surface area contributed by atoms with Gasteiger partial charge in [-0.05, 0) is 31.4 Å². The molecule has 0 aromatic carbocycles. The number of piperazine rings is 1. The second kappa shape index (κ2) is 8.19. The summed E-state index contributed by atoms with van der Waals surface area (Å²) in [6, 6.07) is 3.57. The van der Waals surface area contributed by atoms with Crippen LogP contribution in [0.5, 0.6) is 0 Å². The summed E-state index contributed by atoms with van der Waals surface area (Å²) in [4.78, 5) is 30.4. The highest BCUT2D eigenvalue weighted by Gasteiger charge is 2.24. The Hall–Kier alpha value is -2.02. The molecule has 7 heteroatoms. The quantitative estimate of drug-likeness (QED) is 0.896. The summed E-state index contributed by atoms with van der Waals surface area (Å²) in [6.45, 7) is 5.46. The fraction of sp³-hybridized carbons (Fsp3) is 0.647. The fourth-order valence-electron chi connectivity index (χ4n) is 3.23. The van der Waals surface area contributed by atoms with Crippen LogP contribution in [0.4, 0.5) is 4.79 Å². The second-order valence-corrected chi connectivity index (χ2v) is 6.44. The van der Waals surface area contributed by atoms with Gasteiger partial charge in [-0.3, -0.25) is 9.69 Å². The molecule has 2 saturated heterocycles. The average molecular weight is 334 g/mol. The number of urea groups is 1. The first-order valence-electron chi connectivity index (χ1n) is 8.77. The van der Waals surface area contributed by atoms with Crippen molar-refractivity contribution >= 4 is 11.9 Å². The zero-order valence-corrected chi connectivity index (χ0v) is 14.1. The zero-order chi connectivity index (χ0) is 16.8. The van der Waals surface area contributed by atoms with Gasteiger partial charge in [-0.15, -0.1) is 0 Å². The molecule has 1 aromatic heterocycles. The van der Waals surface area contributed by atoms with E-state index in [2.05, 4.69) is 10.2 Å². The molecule has 3 rings (SSSR count). The van der Waals surface area contributed by atoms with Crippen LogP contribution in [0.2, 0.25) is 0 Å². The standard InChI is InChI=1S/C17H26N4O3/c22-16(20-6-2-1-3-7-20)14-19-8-10-21(11-9-19)17(23)18-13-15-5-4-12-24-15/h4-5,12H,1-3,6-11,13-14H2,(H,18,23). The van der Waals surface area contributed by atoms with Crippen LogP contribution in [0.1, 0.15) is 25.0 Å². The Bertz CT molecular complexity index is 532. The van der Waals surface area contributed by atoms with E-state index in [4.69, 9.17) is 4.42 Å². The van der Waals surface area contributed by atoms with Crippen molar-refractivity contribution in [1.82, 2.24) is 20.0 Å². The molecule has 0 unspecified atom stereocenters. The molecule has 3 amide bonds. The van der Waals surface area contributed by atoms with Gasteiger partial charge >= 0.3 is 6.03 Å². The van der Waals surface area contributed by atoms with Crippen molar-refractivity contribution in [3.05, 3.63) is 24.2 Å². The van der Waals surface area contributed by atoms with Crippen molar-refractivity contribution in [3.63, 3.8) is 0 Å². The summed E-state index contributed by atoms with van der Waals surface area (Å²) in [7, 11) is 0. The number of furan rings is 1. The predicted octanol–water partition coefficient (Wildman–Crippen LogP) is 1.12. The molecule has 0 saturated carbocycles. The molecule has 0 atom stereocenters. The highest BCUT2D eigenvalue weighted by molar-refractivity contribution is 5.78. The third-order valence-corrected chi connectivity index (χ3v) is 4.72. The number of likely N-dealkylation sites (tertiary alicyclic amines) is 1. The molecule has 0 spiro atoms. The Labute approximate surface area is 142 Å². The SMILES string of the molecule is O=C(CN1CCN(C(=O)NCc2ccco2)CC1)N1CCCCC1. The van der Waals surface area contributed by atoms with Gasteiger partial charge in [0.25, 0.3) is 0 Å². The lowest BCUT2D eigenvalue weighted by Gasteiger charge is -2.36. The van der Waals surface area contributed by atoms with Gasteiger partial charge < -0.3 is 19.5 Å². The van der Waals surface area contributed by atoms with Crippen molar-refractivity contribution < 1.29 is 14.0 Å². The molecule has 3 heterocycles. The van der Waals surface area contributed by atoms with Crippen molar-refractivity contribution in [2.24, 2.45) is 0 Å². The van der Waals surface area contributed by atoms with Gasteiger partial charge in [-0.25, -0.2) is 4.79 Å². The molecule has 2 fully saturated rings. The van der Waals surface area contributed by atoms with Crippen molar-refractivity contribution in [2.75, 3.05) is 45.8 Å². The van der Waals surface area contributed by atoms with Gasteiger partial charge in [0.05, 0.1) is 19.4 Å². The number of piperidine rings is 1. The van der Waals surface area contributed by atoms with Crippen LogP contribution in [-0.2, 0) is 11.3 Å². The molecule has 0 aliphatic carbocycles. The Balaban J connectivity index is 1.37.